The summed E-state index contributed by atoms with van der Waals surface area (Å²) in [5.41, 5.74) is 1.41. The number of halogens is 1. The van der Waals surface area contributed by atoms with Gasteiger partial charge in [0.15, 0.2) is 0 Å². The molecule has 16 heavy (non-hydrogen) atoms. The third-order valence-electron chi connectivity index (χ3n) is 2.45. The maximum Gasteiger partial charge on any atom is 0.135 e. The van der Waals surface area contributed by atoms with E-state index in [0.29, 0.717) is 10.7 Å². The van der Waals surface area contributed by atoms with E-state index in [1.807, 2.05) is 24.3 Å². The molecule has 0 spiro atoms. The topological polar surface area (TPSA) is 42.4 Å². The lowest BCUT2D eigenvalue weighted by atomic mass is 10.1. The van der Waals surface area contributed by atoms with E-state index < -0.39 is 6.10 Å². The zero-order valence-electron chi connectivity index (χ0n) is 9.07. The second-order valence-corrected chi connectivity index (χ2v) is 3.96. The van der Waals surface area contributed by atoms with Gasteiger partial charge in [-0.15, -0.1) is 0 Å². The van der Waals surface area contributed by atoms with Crippen molar-refractivity contribution in [3.63, 3.8) is 0 Å². The number of fused-ring (bicyclic) bond motifs is 1. The molecule has 1 unspecified atom stereocenters. The van der Waals surface area contributed by atoms with Crippen molar-refractivity contribution in [2.75, 3.05) is 7.11 Å². The number of hydrogen-bond acceptors (Lipinski definition) is 3. The summed E-state index contributed by atoms with van der Waals surface area (Å²) < 4.78 is 5.13. The number of aliphatic hydroxyl groups excluding tert-OH is 1. The Kier molecular flexibility index (Phi) is 2.99. The zero-order chi connectivity index (χ0) is 11.7. The van der Waals surface area contributed by atoms with Gasteiger partial charge in [-0.05, 0) is 31.2 Å². The van der Waals surface area contributed by atoms with Crippen LogP contribution in [0.5, 0.6) is 5.75 Å². The van der Waals surface area contributed by atoms with Crippen LogP contribution in [0.25, 0.3) is 10.9 Å². The standard InChI is InChI=1S/C12H12ClNO2/c1-7(15)10-6-8-5-9(16-2)3-4-11(8)14-12(10)13/h3-7,15H,1-2H3. The third-order valence-corrected chi connectivity index (χ3v) is 2.76. The van der Waals surface area contributed by atoms with Gasteiger partial charge in [0.1, 0.15) is 10.9 Å². The van der Waals surface area contributed by atoms with Gasteiger partial charge in [-0.3, -0.25) is 0 Å². The monoisotopic (exact) mass is 237 g/mol. The van der Waals surface area contributed by atoms with E-state index >= 15 is 0 Å². The van der Waals surface area contributed by atoms with Crippen LogP contribution >= 0.6 is 11.6 Å². The summed E-state index contributed by atoms with van der Waals surface area (Å²) in [5, 5.41) is 10.8. The van der Waals surface area contributed by atoms with E-state index in [9.17, 15) is 5.11 Å². The average molecular weight is 238 g/mol. The quantitative estimate of drug-likeness (QED) is 0.817. The van der Waals surface area contributed by atoms with Crippen molar-refractivity contribution in [1.29, 1.82) is 0 Å². The lowest BCUT2D eigenvalue weighted by Crippen LogP contribution is -1.95. The Morgan fingerprint density at radius 2 is 2.12 bits per heavy atom. The molecule has 84 valence electrons. The van der Waals surface area contributed by atoms with E-state index in [1.165, 1.54) is 0 Å². The Balaban J connectivity index is 2.65. The molecule has 0 amide bonds. The summed E-state index contributed by atoms with van der Waals surface area (Å²) in [6.07, 6.45) is -0.629. The Labute approximate surface area is 98.6 Å². The van der Waals surface area contributed by atoms with Gasteiger partial charge in [-0.25, -0.2) is 4.98 Å². The fourth-order valence-corrected chi connectivity index (χ4v) is 1.87. The lowest BCUT2D eigenvalue weighted by Gasteiger charge is -2.09. The third kappa shape index (κ3) is 1.96. The number of methoxy groups -OCH3 is 1. The number of pyridine rings is 1. The molecule has 4 heteroatoms. The van der Waals surface area contributed by atoms with Gasteiger partial charge in [0.2, 0.25) is 0 Å². The number of aromatic nitrogens is 1. The average Bonchev–Trinajstić information content (AvgIpc) is 2.27. The molecule has 1 aromatic heterocycles. The van der Waals surface area contributed by atoms with Gasteiger partial charge in [0.05, 0.1) is 18.7 Å². The van der Waals surface area contributed by atoms with Gasteiger partial charge in [-0.1, -0.05) is 11.6 Å². The van der Waals surface area contributed by atoms with Crippen LogP contribution in [-0.2, 0) is 0 Å². The van der Waals surface area contributed by atoms with Crippen molar-refractivity contribution in [2.45, 2.75) is 13.0 Å². The van der Waals surface area contributed by atoms with Crippen LogP contribution in [0.15, 0.2) is 24.3 Å². The molecule has 1 heterocycles. The minimum Gasteiger partial charge on any atom is -0.497 e. The van der Waals surface area contributed by atoms with Gasteiger partial charge in [0, 0.05) is 10.9 Å². The predicted molar refractivity (Wildman–Crippen MR) is 63.9 cm³/mol. The molecule has 0 aliphatic heterocycles. The van der Waals surface area contributed by atoms with E-state index in [1.54, 1.807) is 14.0 Å². The van der Waals surface area contributed by atoms with Crippen LogP contribution in [0.2, 0.25) is 5.15 Å². The highest BCUT2D eigenvalue weighted by atomic mass is 35.5. The van der Waals surface area contributed by atoms with Gasteiger partial charge in [-0.2, -0.15) is 0 Å². The maximum atomic E-state index is 9.53. The first-order valence-electron chi connectivity index (χ1n) is 4.94. The van der Waals surface area contributed by atoms with Gasteiger partial charge < -0.3 is 9.84 Å². The molecule has 0 fully saturated rings. The van der Waals surface area contributed by atoms with Crippen molar-refractivity contribution in [1.82, 2.24) is 4.98 Å². The van der Waals surface area contributed by atoms with Crippen molar-refractivity contribution >= 4 is 22.5 Å². The fraction of sp³-hybridized carbons (Fsp3) is 0.250. The second-order valence-electron chi connectivity index (χ2n) is 3.60. The lowest BCUT2D eigenvalue weighted by molar-refractivity contribution is 0.199. The highest BCUT2D eigenvalue weighted by Crippen LogP contribution is 2.27. The largest absolute Gasteiger partial charge is 0.497 e. The van der Waals surface area contributed by atoms with Gasteiger partial charge >= 0.3 is 0 Å². The van der Waals surface area contributed by atoms with Crippen LogP contribution < -0.4 is 4.74 Å². The van der Waals surface area contributed by atoms with Crippen molar-refractivity contribution in [3.05, 3.63) is 35.0 Å². The molecule has 0 aliphatic carbocycles. The molecule has 0 saturated carbocycles. The number of nitrogens with zero attached hydrogens (tertiary/aromatic N) is 1. The van der Waals surface area contributed by atoms with Crippen molar-refractivity contribution in [2.24, 2.45) is 0 Å². The number of ether oxygens (including phenoxy) is 1. The number of hydrogen-bond donors (Lipinski definition) is 1. The summed E-state index contributed by atoms with van der Waals surface area (Å²) in [4.78, 5) is 4.22. The van der Waals surface area contributed by atoms with E-state index in [0.717, 1.165) is 16.7 Å². The first-order chi connectivity index (χ1) is 7.61. The van der Waals surface area contributed by atoms with Crippen molar-refractivity contribution in [3.8, 4) is 5.75 Å². The molecule has 2 aromatic rings. The molecule has 2 rings (SSSR count). The molecule has 0 saturated heterocycles. The first kappa shape index (κ1) is 11.2. The van der Waals surface area contributed by atoms with Crippen LogP contribution in [0.1, 0.15) is 18.6 Å². The highest BCUT2D eigenvalue weighted by molar-refractivity contribution is 6.30. The molecule has 1 aromatic carbocycles. The number of benzene rings is 1. The Hall–Kier alpha value is -1.32. The summed E-state index contributed by atoms with van der Waals surface area (Å²) in [6, 6.07) is 7.36. The molecular formula is C12H12ClNO2. The highest BCUT2D eigenvalue weighted by Gasteiger charge is 2.09. The SMILES string of the molecule is COc1ccc2nc(Cl)c(C(C)O)cc2c1. The van der Waals surface area contributed by atoms with E-state index in [2.05, 4.69) is 4.98 Å². The Bertz CT molecular complexity index is 526. The Morgan fingerprint density at radius 1 is 1.38 bits per heavy atom. The predicted octanol–water partition coefficient (Wildman–Crippen LogP) is 2.95. The summed E-state index contributed by atoms with van der Waals surface area (Å²) >= 11 is 5.97. The smallest absolute Gasteiger partial charge is 0.135 e. The molecule has 1 atom stereocenters. The molecule has 0 aliphatic rings. The normalized spacial score (nSPS) is 12.8. The van der Waals surface area contributed by atoms with Crippen LogP contribution in [-0.4, -0.2) is 17.2 Å². The van der Waals surface area contributed by atoms with Crippen LogP contribution in [0.3, 0.4) is 0 Å². The zero-order valence-corrected chi connectivity index (χ0v) is 9.82. The number of rotatable bonds is 2. The molecule has 0 radical (unpaired) electrons. The minimum atomic E-state index is -0.629. The Morgan fingerprint density at radius 3 is 2.75 bits per heavy atom. The second kappa shape index (κ2) is 4.28. The number of aliphatic hydroxyl groups is 1. The fourth-order valence-electron chi connectivity index (χ4n) is 1.57. The summed E-state index contributed by atoms with van der Waals surface area (Å²) in [5.74, 6) is 0.758. The maximum absolute atomic E-state index is 9.53. The molecule has 0 bridgehead atoms. The van der Waals surface area contributed by atoms with Crippen LogP contribution in [0, 0.1) is 0 Å². The van der Waals surface area contributed by atoms with Crippen LogP contribution in [0.4, 0.5) is 0 Å². The first-order valence-corrected chi connectivity index (χ1v) is 5.32. The van der Waals surface area contributed by atoms with Crippen molar-refractivity contribution < 1.29 is 9.84 Å². The van der Waals surface area contributed by atoms with E-state index in [4.69, 9.17) is 16.3 Å². The molecular weight excluding hydrogens is 226 g/mol. The van der Waals surface area contributed by atoms with E-state index in [-0.39, 0.29) is 0 Å². The molecule has 1 N–H and O–H groups in total. The summed E-state index contributed by atoms with van der Waals surface area (Å²) in [7, 11) is 1.61. The summed E-state index contributed by atoms with van der Waals surface area (Å²) in [6.45, 7) is 1.66. The molecule has 3 nitrogen and oxygen atoms in total. The van der Waals surface area contributed by atoms with Gasteiger partial charge in [0.25, 0.3) is 0 Å². The minimum absolute atomic E-state index is 0.340.